The molecule has 0 unspecified atom stereocenters. The van der Waals surface area contributed by atoms with Gasteiger partial charge in [0, 0.05) is 21.5 Å². The fourth-order valence-electron chi connectivity index (χ4n) is 2.96. The first-order valence-electron chi connectivity index (χ1n) is 11.1. The third-order valence-electron chi connectivity index (χ3n) is 5.08. The lowest BCUT2D eigenvalue weighted by Crippen LogP contribution is -2.29. The fourth-order valence-corrected chi connectivity index (χ4v) is 4.75. The van der Waals surface area contributed by atoms with E-state index in [1.807, 2.05) is 48.5 Å². The van der Waals surface area contributed by atoms with Crippen LogP contribution >= 0.6 is 31.9 Å². The predicted molar refractivity (Wildman–Crippen MR) is 161 cm³/mol. The molecule has 2 N–H and O–H groups in total. The molecule has 4 aromatic rings. The van der Waals surface area contributed by atoms with Gasteiger partial charge in [-0.25, -0.2) is 16.8 Å². The highest BCUT2D eigenvalue weighted by molar-refractivity contribution is 9.10. The van der Waals surface area contributed by atoms with E-state index in [0.717, 1.165) is 26.3 Å². The molecule has 0 saturated heterocycles. The molecular weight excluding hydrogens is 655 g/mol. The lowest BCUT2D eigenvalue weighted by molar-refractivity contribution is 0.425. The second kappa shape index (κ2) is 14.2. The molecule has 0 aliphatic carbocycles. The van der Waals surface area contributed by atoms with Crippen molar-refractivity contribution in [3.8, 4) is 11.1 Å². The van der Waals surface area contributed by atoms with Crippen LogP contribution in [0.15, 0.2) is 116 Å². The summed E-state index contributed by atoms with van der Waals surface area (Å²) >= 11 is 6.72. The standard InChI is InChI=1S/C13H11BrO2S.C7H9BO4S.C7H7Br/c1-17(15,16)13-8-4-11(5-9-13)10-2-6-12(14)7-3-10;1-13(11,12)7-4-2-6(3-5-7)8(9)10;1-6-2-4-7(8)5-3-6/h2-9H,1H3;2-5,9-10H,1H3;2-5H,1H3. The minimum absolute atomic E-state index is 0.164. The van der Waals surface area contributed by atoms with E-state index in [9.17, 15) is 16.8 Å². The number of sulfone groups is 2. The summed E-state index contributed by atoms with van der Waals surface area (Å²) in [5.41, 5.74) is 3.64. The first kappa shape index (κ1) is 31.9. The first-order valence-corrected chi connectivity index (χ1v) is 16.5. The summed E-state index contributed by atoms with van der Waals surface area (Å²) in [6.07, 6.45) is 2.30. The van der Waals surface area contributed by atoms with Crippen LogP contribution in [-0.2, 0) is 19.7 Å². The highest BCUT2D eigenvalue weighted by Gasteiger charge is 2.12. The van der Waals surface area contributed by atoms with Gasteiger partial charge >= 0.3 is 7.12 Å². The minimum atomic E-state index is -3.21. The van der Waals surface area contributed by atoms with Crippen LogP contribution in [0.5, 0.6) is 0 Å². The third-order valence-corrected chi connectivity index (χ3v) is 8.39. The van der Waals surface area contributed by atoms with Crippen LogP contribution in [0.1, 0.15) is 5.56 Å². The SMILES string of the molecule is CS(=O)(=O)c1ccc(-c2ccc(Br)cc2)cc1.CS(=O)(=O)c1ccc(B(O)O)cc1.Cc1ccc(Br)cc1. The Kier molecular flexibility index (Phi) is 11.9. The van der Waals surface area contributed by atoms with Gasteiger partial charge in [0.2, 0.25) is 0 Å². The van der Waals surface area contributed by atoms with E-state index in [-0.39, 0.29) is 10.4 Å². The molecule has 200 valence electrons. The molecule has 0 spiro atoms. The topological polar surface area (TPSA) is 109 Å². The minimum Gasteiger partial charge on any atom is -0.423 e. The largest absolute Gasteiger partial charge is 0.488 e. The fraction of sp³-hybridized carbons (Fsp3) is 0.111. The summed E-state index contributed by atoms with van der Waals surface area (Å²) in [6, 6.07) is 28.4. The lowest BCUT2D eigenvalue weighted by Gasteiger charge is -2.03. The van der Waals surface area contributed by atoms with E-state index in [0.29, 0.717) is 4.90 Å². The number of aryl methyl sites for hydroxylation is 1. The summed E-state index contributed by atoms with van der Waals surface area (Å²) in [5.74, 6) is 0. The molecule has 0 radical (unpaired) electrons. The summed E-state index contributed by atoms with van der Waals surface area (Å²) in [4.78, 5) is 0.510. The van der Waals surface area contributed by atoms with E-state index in [2.05, 4.69) is 50.9 Å². The summed E-state index contributed by atoms with van der Waals surface area (Å²) in [5, 5.41) is 17.4. The summed E-state index contributed by atoms with van der Waals surface area (Å²) in [7, 11) is -7.89. The molecule has 0 fully saturated rings. The van der Waals surface area contributed by atoms with Crippen LogP contribution < -0.4 is 5.46 Å². The van der Waals surface area contributed by atoms with E-state index in [4.69, 9.17) is 10.0 Å². The van der Waals surface area contributed by atoms with Crippen molar-refractivity contribution in [1.29, 1.82) is 0 Å². The van der Waals surface area contributed by atoms with E-state index in [1.165, 1.54) is 36.1 Å². The molecule has 0 heterocycles. The van der Waals surface area contributed by atoms with Crippen molar-refractivity contribution in [2.75, 3.05) is 12.5 Å². The monoisotopic (exact) mass is 680 g/mol. The highest BCUT2D eigenvalue weighted by Crippen LogP contribution is 2.23. The summed E-state index contributed by atoms with van der Waals surface area (Å²) < 4.78 is 46.8. The van der Waals surface area contributed by atoms with Gasteiger partial charge in [0.15, 0.2) is 19.7 Å². The zero-order valence-corrected chi connectivity index (χ0v) is 25.7. The number of halogens is 2. The van der Waals surface area contributed by atoms with Crippen molar-refractivity contribution < 1.29 is 26.9 Å². The van der Waals surface area contributed by atoms with Crippen molar-refractivity contribution >= 4 is 64.1 Å². The Balaban J connectivity index is 0.000000214. The van der Waals surface area contributed by atoms with E-state index >= 15 is 0 Å². The molecule has 11 heteroatoms. The van der Waals surface area contributed by atoms with Gasteiger partial charge in [0.05, 0.1) is 9.79 Å². The number of hydrogen-bond donors (Lipinski definition) is 2. The van der Waals surface area contributed by atoms with Gasteiger partial charge in [0.25, 0.3) is 0 Å². The number of rotatable bonds is 4. The highest BCUT2D eigenvalue weighted by atomic mass is 79.9. The smallest absolute Gasteiger partial charge is 0.423 e. The van der Waals surface area contributed by atoms with Crippen molar-refractivity contribution in [1.82, 2.24) is 0 Å². The molecular formula is C27H27BBr2O6S2. The van der Waals surface area contributed by atoms with Crippen molar-refractivity contribution in [3.63, 3.8) is 0 Å². The predicted octanol–water partition coefficient (Wildman–Crippen LogP) is 5.05. The third kappa shape index (κ3) is 10.8. The second-order valence-electron chi connectivity index (χ2n) is 8.31. The molecule has 4 rings (SSSR count). The van der Waals surface area contributed by atoms with Crippen molar-refractivity contribution in [3.05, 3.63) is 112 Å². The first-order chi connectivity index (χ1) is 17.7. The lowest BCUT2D eigenvalue weighted by atomic mass is 9.81. The van der Waals surface area contributed by atoms with Gasteiger partial charge in [-0.15, -0.1) is 0 Å². The molecule has 0 saturated carbocycles. The van der Waals surface area contributed by atoms with Crippen LogP contribution in [-0.4, -0.2) is 46.5 Å². The van der Waals surface area contributed by atoms with E-state index < -0.39 is 26.8 Å². The Morgan fingerprint density at radius 3 is 1.18 bits per heavy atom. The van der Waals surface area contributed by atoms with Gasteiger partial charge in [-0.2, -0.15) is 0 Å². The van der Waals surface area contributed by atoms with Crippen LogP contribution in [0.4, 0.5) is 0 Å². The Bertz CT molecular complexity index is 1500. The van der Waals surface area contributed by atoms with Gasteiger partial charge in [-0.05, 0) is 72.0 Å². The maximum Gasteiger partial charge on any atom is 0.488 e. The molecule has 4 aromatic carbocycles. The van der Waals surface area contributed by atoms with Crippen LogP contribution in [0.25, 0.3) is 11.1 Å². The second-order valence-corrected chi connectivity index (χ2v) is 14.2. The molecule has 6 nitrogen and oxygen atoms in total. The average molecular weight is 682 g/mol. The normalized spacial score (nSPS) is 10.9. The molecule has 0 amide bonds. The van der Waals surface area contributed by atoms with Crippen LogP contribution in [0.3, 0.4) is 0 Å². The number of benzene rings is 4. The van der Waals surface area contributed by atoms with Gasteiger partial charge in [0.1, 0.15) is 0 Å². The molecule has 0 aromatic heterocycles. The van der Waals surface area contributed by atoms with Crippen molar-refractivity contribution in [2.24, 2.45) is 0 Å². The van der Waals surface area contributed by atoms with E-state index in [1.54, 1.807) is 12.1 Å². The Morgan fingerprint density at radius 2 is 0.868 bits per heavy atom. The van der Waals surface area contributed by atoms with Gasteiger partial charge in [-0.3, -0.25) is 0 Å². The van der Waals surface area contributed by atoms with Gasteiger partial charge < -0.3 is 10.0 Å². The maximum atomic E-state index is 11.3. The van der Waals surface area contributed by atoms with Gasteiger partial charge in [-0.1, -0.05) is 86.0 Å². The number of hydrogen-bond acceptors (Lipinski definition) is 6. The van der Waals surface area contributed by atoms with Crippen molar-refractivity contribution in [2.45, 2.75) is 16.7 Å². The zero-order chi connectivity index (χ0) is 28.5. The average Bonchev–Trinajstić information content (AvgIpc) is 2.86. The molecule has 0 aliphatic rings. The molecule has 0 bridgehead atoms. The van der Waals surface area contributed by atoms with Crippen LogP contribution in [0, 0.1) is 6.92 Å². The maximum absolute atomic E-state index is 11.3. The summed E-state index contributed by atoms with van der Waals surface area (Å²) in [6.45, 7) is 2.08. The molecule has 0 atom stereocenters. The zero-order valence-electron chi connectivity index (χ0n) is 20.9. The Morgan fingerprint density at radius 1 is 0.553 bits per heavy atom. The Labute approximate surface area is 241 Å². The Hall–Kier alpha value is -2.28. The quantitative estimate of drug-likeness (QED) is 0.292. The van der Waals surface area contributed by atoms with Crippen LogP contribution in [0.2, 0.25) is 0 Å². The molecule has 38 heavy (non-hydrogen) atoms. The molecule has 0 aliphatic heterocycles.